The van der Waals surface area contributed by atoms with Crippen molar-refractivity contribution in [3.63, 3.8) is 0 Å². The highest BCUT2D eigenvalue weighted by molar-refractivity contribution is 6.03. The summed E-state index contributed by atoms with van der Waals surface area (Å²) >= 11 is 0. The molecule has 0 fully saturated rings. The van der Waals surface area contributed by atoms with Gasteiger partial charge in [-0.3, -0.25) is 0 Å². The molecule has 2 aliphatic rings. The number of nitrogens with zero attached hydrogens (tertiary/aromatic N) is 2. The number of rotatable bonds is 10. The second-order valence-corrected chi connectivity index (χ2v) is 11.2. The van der Waals surface area contributed by atoms with Crippen LogP contribution in [0.15, 0.2) is 84.6 Å². The third-order valence-electron chi connectivity index (χ3n) is 9.48. The van der Waals surface area contributed by atoms with E-state index in [2.05, 4.69) is 144 Å². The van der Waals surface area contributed by atoms with Gasteiger partial charge in [0.2, 0.25) is 5.69 Å². The normalized spacial score (nSPS) is 18.9. The Morgan fingerprint density at radius 3 is 1.90 bits per heavy atom. The highest BCUT2D eigenvalue weighted by Crippen LogP contribution is 2.52. The van der Waals surface area contributed by atoms with Crippen molar-refractivity contribution in [3.8, 4) is 0 Å². The van der Waals surface area contributed by atoms with E-state index in [0.717, 1.165) is 38.8 Å². The molecular formula is C37H49N2+. The molecule has 0 unspecified atom stereocenters. The summed E-state index contributed by atoms with van der Waals surface area (Å²) in [7, 11) is 0. The number of allylic oxidation sites excluding steroid dienone is 8. The molecule has 39 heavy (non-hydrogen) atoms. The van der Waals surface area contributed by atoms with Gasteiger partial charge in [0.15, 0.2) is 5.71 Å². The van der Waals surface area contributed by atoms with Gasteiger partial charge in [-0.15, -0.1) is 0 Å². The van der Waals surface area contributed by atoms with Gasteiger partial charge >= 0.3 is 0 Å². The van der Waals surface area contributed by atoms with Crippen molar-refractivity contribution in [2.45, 2.75) is 91.9 Å². The first-order valence-corrected chi connectivity index (χ1v) is 15.2. The number of fused-ring (bicyclic) bond motifs is 2. The standard InChI is InChI=1S/C37H49N2/c1-9-36(10-2)30-26-28(7)22-24-32(30)38(13-5)34(36)20-18-16-15-17-19-21-35-37(11-3,12-4)31-27-29(8)23-25-33(31)39(35)14-6/h15-27H,9-14H2,1-8H3/q+1. The van der Waals surface area contributed by atoms with E-state index in [1.807, 2.05) is 0 Å². The molecule has 2 heteroatoms. The minimum Gasteiger partial charge on any atom is -0.344 e. The first-order chi connectivity index (χ1) is 18.9. The van der Waals surface area contributed by atoms with E-state index < -0.39 is 0 Å². The summed E-state index contributed by atoms with van der Waals surface area (Å²) in [5.74, 6) is 0. The van der Waals surface area contributed by atoms with Crippen molar-refractivity contribution in [2.75, 3.05) is 18.0 Å². The highest BCUT2D eigenvalue weighted by Gasteiger charge is 2.48. The largest absolute Gasteiger partial charge is 0.344 e. The molecule has 0 aromatic heterocycles. The van der Waals surface area contributed by atoms with Crippen LogP contribution < -0.4 is 4.90 Å². The van der Waals surface area contributed by atoms with Gasteiger partial charge in [-0.05, 0) is 77.2 Å². The van der Waals surface area contributed by atoms with Gasteiger partial charge in [-0.25, -0.2) is 0 Å². The van der Waals surface area contributed by atoms with Crippen molar-refractivity contribution in [1.29, 1.82) is 0 Å². The Bertz CT molecular complexity index is 1340. The molecule has 0 aliphatic carbocycles. The summed E-state index contributed by atoms with van der Waals surface area (Å²) in [6.45, 7) is 20.3. The quantitative estimate of drug-likeness (QED) is 0.223. The lowest BCUT2D eigenvalue weighted by Crippen LogP contribution is -2.33. The summed E-state index contributed by atoms with van der Waals surface area (Å²) in [6, 6.07) is 13.9. The molecule has 0 radical (unpaired) electrons. The van der Waals surface area contributed by atoms with Crippen LogP contribution >= 0.6 is 0 Å². The molecule has 2 aliphatic heterocycles. The number of likely N-dealkylation sites (N-methyl/N-ethyl adjacent to an activating group) is 1. The van der Waals surface area contributed by atoms with Crippen LogP contribution in [0.25, 0.3) is 0 Å². The van der Waals surface area contributed by atoms with Crippen molar-refractivity contribution in [3.05, 3.63) is 107 Å². The number of hydrogen-bond donors (Lipinski definition) is 0. The minimum atomic E-state index is 0.0883. The summed E-state index contributed by atoms with van der Waals surface area (Å²) in [4.78, 5) is 2.51. The van der Waals surface area contributed by atoms with E-state index in [1.165, 1.54) is 45.0 Å². The van der Waals surface area contributed by atoms with Crippen molar-refractivity contribution in [2.24, 2.45) is 0 Å². The predicted molar refractivity (Wildman–Crippen MR) is 171 cm³/mol. The van der Waals surface area contributed by atoms with Gasteiger partial charge < -0.3 is 4.90 Å². The van der Waals surface area contributed by atoms with E-state index in [-0.39, 0.29) is 10.8 Å². The lowest BCUT2D eigenvalue weighted by Gasteiger charge is -2.31. The monoisotopic (exact) mass is 521 g/mol. The fraction of sp³-hybridized carbons (Fsp3) is 0.432. The maximum atomic E-state index is 2.51. The number of benzene rings is 2. The fourth-order valence-corrected chi connectivity index (χ4v) is 7.24. The Morgan fingerprint density at radius 1 is 0.692 bits per heavy atom. The van der Waals surface area contributed by atoms with Crippen molar-refractivity contribution >= 4 is 17.1 Å². The number of anilines is 1. The average molecular weight is 522 g/mol. The molecule has 2 aromatic carbocycles. The topological polar surface area (TPSA) is 6.25 Å². The molecule has 0 bridgehead atoms. The van der Waals surface area contributed by atoms with E-state index in [9.17, 15) is 0 Å². The Hall–Kier alpha value is -3.13. The van der Waals surface area contributed by atoms with E-state index in [1.54, 1.807) is 0 Å². The molecule has 0 saturated heterocycles. The minimum absolute atomic E-state index is 0.0883. The smallest absolute Gasteiger partial charge is 0.209 e. The Balaban J connectivity index is 1.59. The molecule has 0 saturated carbocycles. The summed E-state index contributed by atoms with van der Waals surface area (Å²) < 4.78 is 2.51. The molecule has 0 spiro atoms. The predicted octanol–water partition coefficient (Wildman–Crippen LogP) is 9.63. The van der Waals surface area contributed by atoms with Crippen LogP contribution in [0.4, 0.5) is 11.4 Å². The van der Waals surface area contributed by atoms with Gasteiger partial charge in [-0.2, -0.15) is 4.58 Å². The summed E-state index contributed by atoms with van der Waals surface area (Å²) in [5.41, 5.74) is 11.5. The van der Waals surface area contributed by atoms with Crippen LogP contribution in [0, 0.1) is 13.8 Å². The van der Waals surface area contributed by atoms with E-state index in [0.29, 0.717) is 0 Å². The molecular weight excluding hydrogens is 472 g/mol. The lowest BCUT2D eigenvalue weighted by atomic mass is 9.73. The third kappa shape index (κ3) is 4.77. The second kappa shape index (κ2) is 11.9. The summed E-state index contributed by atoms with van der Waals surface area (Å²) in [6.07, 6.45) is 20.1. The van der Waals surface area contributed by atoms with Crippen LogP contribution in [-0.4, -0.2) is 23.4 Å². The zero-order valence-electron chi connectivity index (χ0n) is 25.6. The van der Waals surface area contributed by atoms with Crippen molar-refractivity contribution in [1.82, 2.24) is 0 Å². The number of aryl methyl sites for hydroxylation is 2. The Labute approximate surface area is 238 Å². The average Bonchev–Trinajstić information content (AvgIpc) is 3.37. The highest BCUT2D eigenvalue weighted by atomic mass is 15.2. The molecule has 206 valence electrons. The molecule has 4 rings (SSSR count). The van der Waals surface area contributed by atoms with Crippen LogP contribution in [-0.2, 0) is 10.8 Å². The second-order valence-electron chi connectivity index (χ2n) is 11.2. The third-order valence-corrected chi connectivity index (χ3v) is 9.48. The van der Waals surface area contributed by atoms with Gasteiger partial charge in [0.25, 0.3) is 0 Å². The molecule has 2 heterocycles. The SMILES string of the molecule is CCN1\C(=C/C=C/C=C/C=C/C2=[N+](CC)c3ccc(C)cc3C2(CC)CC)C(CC)(CC)c2cc(C)ccc21. The van der Waals surface area contributed by atoms with Gasteiger partial charge in [0, 0.05) is 41.1 Å². The fourth-order valence-electron chi connectivity index (χ4n) is 7.24. The zero-order chi connectivity index (χ0) is 28.2. The molecule has 0 N–H and O–H groups in total. The van der Waals surface area contributed by atoms with Gasteiger partial charge in [0.05, 0.1) is 5.41 Å². The van der Waals surface area contributed by atoms with Crippen LogP contribution in [0.3, 0.4) is 0 Å². The lowest BCUT2D eigenvalue weighted by molar-refractivity contribution is -0.433. The Morgan fingerprint density at radius 2 is 1.28 bits per heavy atom. The van der Waals surface area contributed by atoms with Crippen LogP contribution in [0.5, 0.6) is 0 Å². The Kier molecular flexibility index (Phi) is 8.84. The number of hydrogen-bond acceptors (Lipinski definition) is 1. The van der Waals surface area contributed by atoms with Crippen molar-refractivity contribution < 1.29 is 4.58 Å². The molecule has 2 nitrogen and oxygen atoms in total. The zero-order valence-corrected chi connectivity index (χ0v) is 25.6. The van der Waals surface area contributed by atoms with Gasteiger partial charge in [0.1, 0.15) is 6.54 Å². The first-order valence-electron chi connectivity index (χ1n) is 15.2. The van der Waals surface area contributed by atoms with E-state index in [4.69, 9.17) is 0 Å². The molecule has 0 atom stereocenters. The summed E-state index contributed by atoms with van der Waals surface area (Å²) in [5, 5.41) is 0. The molecule has 0 amide bonds. The maximum Gasteiger partial charge on any atom is 0.209 e. The molecule has 2 aromatic rings. The van der Waals surface area contributed by atoms with Crippen LogP contribution in [0.1, 0.15) is 89.5 Å². The van der Waals surface area contributed by atoms with E-state index >= 15 is 0 Å². The first kappa shape index (κ1) is 28.9. The van der Waals surface area contributed by atoms with Gasteiger partial charge in [-0.1, -0.05) is 87.4 Å². The maximum absolute atomic E-state index is 2.51. The van der Waals surface area contributed by atoms with Crippen LogP contribution in [0.2, 0.25) is 0 Å².